The van der Waals surface area contributed by atoms with Gasteiger partial charge in [-0.2, -0.15) is 8.42 Å². The smallest absolute Gasteiger partial charge is 0.298 e. The first kappa shape index (κ1) is 25.3. The van der Waals surface area contributed by atoms with Gasteiger partial charge < -0.3 is 46.0 Å². The number of ketones is 1. The summed E-state index contributed by atoms with van der Waals surface area (Å²) in [6, 6.07) is 2.51. The molecule has 0 fully saturated rings. The SMILES string of the molecule is O=C(c1cccc(S(=O)(=O)O)c1O)C(O)C(O)C(O)C(O)C(O)C(O)C(O)CO. The number of benzene rings is 1. The maximum Gasteiger partial charge on any atom is 0.298 e. The first-order valence-corrected chi connectivity index (χ1v) is 9.40. The molecule has 13 nitrogen and oxygen atoms in total. The van der Waals surface area contributed by atoms with Crippen molar-refractivity contribution >= 4 is 15.9 Å². The highest BCUT2D eigenvalue weighted by molar-refractivity contribution is 7.86. The molecular formula is C15H22O13S. The van der Waals surface area contributed by atoms with Crippen LogP contribution in [0, 0.1) is 0 Å². The summed E-state index contributed by atoms with van der Waals surface area (Å²) in [5, 5.41) is 86.4. The van der Waals surface area contributed by atoms with Crippen molar-refractivity contribution in [1.82, 2.24) is 0 Å². The van der Waals surface area contributed by atoms with E-state index in [9.17, 15) is 54.1 Å². The molecule has 0 radical (unpaired) electrons. The predicted octanol–water partition coefficient (Wildman–Crippen LogP) is -4.66. The molecule has 7 atom stereocenters. The van der Waals surface area contributed by atoms with Crippen LogP contribution in [0.3, 0.4) is 0 Å². The number of aliphatic hydroxyl groups is 8. The van der Waals surface area contributed by atoms with Crippen LogP contribution >= 0.6 is 0 Å². The van der Waals surface area contributed by atoms with Crippen molar-refractivity contribution in [3.8, 4) is 5.75 Å². The van der Waals surface area contributed by atoms with E-state index in [1.165, 1.54) is 0 Å². The average Bonchev–Trinajstić information content (AvgIpc) is 2.68. The number of para-hydroxylation sites is 1. The van der Waals surface area contributed by atoms with Crippen LogP contribution in [0.1, 0.15) is 10.4 Å². The monoisotopic (exact) mass is 442 g/mol. The van der Waals surface area contributed by atoms with Crippen molar-refractivity contribution in [2.75, 3.05) is 6.61 Å². The summed E-state index contributed by atoms with van der Waals surface area (Å²) in [6.07, 6.45) is -16.4. The summed E-state index contributed by atoms with van der Waals surface area (Å²) in [5.74, 6) is -2.76. The Morgan fingerprint density at radius 3 is 1.83 bits per heavy atom. The fourth-order valence-corrected chi connectivity index (χ4v) is 2.98. The number of hydrogen-bond donors (Lipinski definition) is 10. The number of rotatable bonds is 10. The van der Waals surface area contributed by atoms with E-state index in [0.717, 1.165) is 18.2 Å². The highest BCUT2D eigenvalue weighted by Crippen LogP contribution is 2.28. The Bertz CT molecular complexity index is 810. The molecule has 14 heteroatoms. The van der Waals surface area contributed by atoms with Gasteiger partial charge in [-0.3, -0.25) is 9.35 Å². The van der Waals surface area contributed by atoms with Crippen LogP contribution in [-0.4, -0.2) is 114 Å². The molecule has 0 aliphatic carbocycles. The first-order chi connectivity index (χ1) is 13.3. The molecule has 0 aliphatic heterocycles. The molecule has 166 valence electrons. The Balaban J connectivity index is 3.06. The largest absolute Gasteiger partial charge is 0.506 e. The Morgan fingerprint density at radius 1 is 0.862 bits per heavy atom. The van der Waals surface area contributed by atoms with Crippen molar-refractivity contribution in [2.24, 2.45) is 0 Å². The minimum absolute atomic E-state index is 0.743. The van der Waals surface area contributed by atoms with E-state index in [-0.39, 0.29) is 0 Å². The molecule has 0 heterocycles. The number of carbonyl (C=O) groups is 1. The summed E-state index contributed by atoms with van der Waals surface area (Å²) in [4.78, 5) is 11.2. The molecule has 7 unspecified atom stereocenters. The van der Waals surface area contributed by atoms with Crippen LogP contribution in [0.25, 0.3) is 0 Å². The van der Waals surface area contributed by atoms with Crippen LogP contribution in [0.2, 0.25) is 0 Å². The van der Waals surface area contributed by atoms with E-state index >= 15 is 0 Å². The van der Waals surface area contributed by atoms with Gasteiger partial charge >= 0.3 is 0 Å². The number of Topliss-reactive ketones (excluding diaryl/α,β-unsaturated/α-hetero) is 1. The summed E-state index contributed by atoms with van der Waals surface area (Å²) in [7, 11) is -4.94. The molecule has 0 spiro atoms. The lowest BCUT2D eigenvalue weighted by atomic mass is 9.91. The first-order valence-electron chi connectivity index (χ1n) is 7.96. The third-order valence-electron chi connectivity index (χ3n) is 4.12. The van der Waals surface area contributed by atoms with Crippen molar-refractivity contribution in [1.29, 1.82) is 0 Å². The molecule has 10 N–H and O–H groups in total. The zero-order chi connectivity index (χ0) is 22.7. The van der Waals surface area contributed by atoms with Crippen LogP contribution in [0.4, 0.5) is 0 Å². The van der Waals surface area contributed by atoms with E-state index < -0.39 is 81.4 Å². The second-order valence-corrected chi connectivity index (χ2v) is 7.53. The molecule has 1 rings (SSSR count). The molecule has 0 bridgehead atoms. The van der Waals surface area contributed by atoms with Gasteiger partial charge in [-0.05, 0) is 12.1 Å². The number of aliphatic hydroxyl groups excluding tert-OH is 8. The molecule has 0 saturated carbocycles. The van der Waals surface area contributed by atoms with Crippen molar-refractivity contribution in [2.45, 2.75) is 47.6 Å². The number of aromatic hydroxyl groups is 1. The fraction of sp³-hybridized carbons (Fsp3) is 0.533. The van der Waals surface area contributed by atoms with E-state index in [0.29, 0.717) is 0 Å². The van der Waals surface area contributed by atoms with Gasteiger partial charge in [0.05, 0.1) is 12.2 Å². The van der Waals surface area contributed by atoms with Crippen LogP contribution in [-0.2, 0) is 10.1 Å². The summed E-state index contributed by atoms with van der Waals surface area (Å²) in [5.41, 5.74) is -0.857. The molecule has 0 amide bonds. The maximum absolute atomic E-state index is 12.2. The quantitative estimate of drug-likeness (QED) is 0.121. The second kappa shape index (κ2) is 9.86. The van der Waals surface area contributed by atoms with Gasteiger partial charge in [-0.1, -0.05) is 6.07 Å². The molecule has 0 saturated heterocycles. The van der Waals surface area contributed by atoms with Gasteiger partial charge in [0.1, 0.15) is 53.4 Å². The Kier molecular flexibility index (Phi) is 8.60. The maximum atomic E-state index is 12.2. The number of hydrogen-bond acceptors (Lipinski definition) is 12. The molecule has 1 aromatic carbocycles. The standard InChI is InChI=1S/C15H22O13S/c16-4-6(17)10(20)12(22)14(24)15(25)13(23)11(21)9(19)5-2-1-3-7(8(5)18)29(26,27)28/h1-3,6,10-18,20-25H,4H2,(H,26,27,28). The normalized spacial score (nSPS) is 19.6. The molecule has 1 aromatic rings. The van der Waals surface area contributed by atoms with Crippen molar-refractivity contribution in [3.63, 3.8) is 0 Å². The van der Waals surface area contributed by atoms with Gasteiger partial charge in [0.25, 0.3) is 10.1 Å². The van der Waals surface area contributed by atoms with E-state index in [1.54, 1.807) is 0 Å². The van der Waals surface area contributed by atoms with Crippen LogP contribution in [0.15, 0.2) is 23.1 Å². The van der Waals surface area contributed by atoms with Crippen LogP contribution < -0.4 is 0 Å². The lowest BCUT2D eigenvalue weighted by Gasteiger charge is -2.31. The van der Waals surface area contributed by atoms with Gasteiger partial charge in [-0.15, -0.1) is 0 Å². The lowest BCUT2D eigenvalue weighted by Crippen LogP contribution is -2.55. The Labute approximate surface area is 164 Å². The highest BCUT2D eigenvalue weighted by Gasteiger charge is 2.41. The highest BCUT2D eigenvalue weighted by atomic mass is 32.2. The zero-order valence-corrected chi connectivity index (χ0v) is 15.4. The van der Waals surface area contributed by atoms with Crippen molar-refractivity contribution < 1.29 is 63.7 Å². The topological polar surface area (TPSA) is 254 Å². The van der Waals surface area contributed by atoms with E-state index in [1.807, 2.05) is 0 Å². The number of phenols is 1. The summed E-state index contributed by atoms with van der Waals surface area (Å²) < 4.78 is 31.3. The minimum Gasteiger partial charge on any atom is -0.506 e. The molecule has 0 aliphatic rings. The van der Waals surface area contributed by atoms with Gasteiger partial charge in [0.15, 0.2) is 5.78 Å². The third kappa shape index (κ3) is 5.67. The third-order valence-corrected chi connectivity index (χ3v) is 5.00. The second-order valence-electron chi connectivity index (χ2n) is 6.14. The van der Waals surface area contributed by atoms with Gasteiger partial charge in [0, 0.05) is 0 Å². The van der Waals surface area contributed by atoms with E-state index in [4.69, 9.17) is 9.66 Å². The van der Waals surface area contributed by atoms with Crippen LogP contribution in [0.5, 0.6) is 5.75 Å². The minimum atomic E-state index is -4.94. The Hall–Kier alpha value is -1.72. The Morgan fingerprint density at radius 2 is 1.34 bits per heavy atom. The summed E-state index contributed by atoms with van der Waals surface area (Å²) in [6.45, 7) is -1.02. The molecular weight excluding hydrogens is 420 g/mol. The molecule has 29 heavy (non-hydrogen) atoms. The zero-order valence-electron chi connectivity index (χ0n) is 14.6. The van der Waals surface area contributed by atoms with Gasteiger partial charge in [0.2, 0.25) is 0 Å². The molecule has 0 aromatic heterocycles. The number of phenolic OH excluding ortho intramolecular Hbond substituents is 1. The lowest BCUT2D eigenvalue weighted by molar-refractivity contribution is -0.166. The fourth-order valence-electron chi connectivity index (χ4n) is 2.37. The van der Waals surface area contributed by atoms with E-state index in [2.05, 4.69) is 0 Å². The predicted molar refractivity (Wildman–Crippen MR) is 91.4 cm³/mol. The van der Waals surface area contributed by atoms with Crippen molar-refractivity contribution in [3.05, 3.63) is 23.8 Å². The van der Waals surface area contributed by atoms with Gasteiger partial charge in [-0.25, -0.2) is 0 Å². The number of carbonyl (C=O) groups excluding carboxylic acids is 1. The summed E-state index contributed by atoms with van der Waals surface area (Å²) >= 11 is 0. The average molecular weight is 442 g/mol.